The lowest BCUT2D eigenvalue weighted by Crippen LogP contribution is -2.36. The third kappa shape index (κ3) is 8.57. The monoisotopic (exact) mass is 776 g/mol. The number of imide groups is 1. The molecule has 6 rings (SSSR count). The lowest BCUT2D eigenvalue weighted by Gasteiger charge is -2.22. The molecule has 1 aliphatic carbocycles. The van der Waals surface area contributed by atoms with Crippen LogP contribution in [0.2, 0.25) is 10.0 Å². The molecule has 272 valence electrons. The summed E-state index contributed by atoms with van der Waals surface area (Å²) in [7, 11) is -3.88. The van der Waals surface area contributed by atoms with Gasteiger partial charge in [-0.15, -0.1) is 0 Å². The van der Waals surface area contributed by atoms with Crippen molar-refractivity contribution >= 4 is 56.7 Å². The minimum absolute atomic E-state index is 0.00272. The number of fused-ring (bicyclic) bond motifs is 1. The summed E-state index contributed by atoms with van der Waals surface area (Å²) in [6.45, 7) is -3.86. The molecule has 1 aliphatic heterocycles. The van der Waals surface area contributed by atoms with Crippen molar-refractivity contribution in [2.24, 2.45) is 5.92 Å². The molecule has 0 radical (unpaired) electrons. The third-order valence-corrected chi connectivity index (χ3v) is 10.1. The van der Waals surface area contributed by atoms with Crippen LogP contribution in [0.15, 0.2) is 67.4 Å². The van der Waals surface area contributed by atoms with E-state index in [1.165, 1.54) is 67.4 Å². The number of aromatic amines is 1. The zero-order chi connectivity index (χ0) is 37.2. The maximum absolute atomic E-state index is 13.5. The highest BCUT2D eigenvalue weighted by molar-refractivity contribution is 7.92. The summed E-state index contributed by atoms with van der Waals surface area (Å²) in [6.07, 6.45) is 8.79. The second-order valence-corrected chi connectivity index (χ2v) is 14.8. The minimum atomic E-state index is -3.88. The van der Waals surface area contributed by atoms with Crippen molar-refractivity contribution in [3.05, 3.63) is 105 Å². The summed E-state index contributed by atoms with van der Waals surface area (Å²) in [5, 5.41) is 0.435. The molecule has 2 amide bonds. The van der Waals surface area contributed by atoms with Gasteiger partial charge in [-0.1, -0.05) is 29.3 Å². The van der Waals surface area contributed by atoms with Gasteiger partial charge in [-0.25, -0.2) is 13.4 Å². The van der Waals surface area contributed by atoms with E-state index in [4.69, 9.17) is 32.7 Å². The van der Waals surface area contributed by atoms with Gasteiger partial charge in [0.15, 0.2) is 23.9 Å². The van der Waals surface area contributed by atoms with Crippen molar-refractivity contribution in [2.75, 3.05) is 23.7 Å². The van der Waals surface area contributed by atoms with Crippen LogP contribution in [0.25, 0.3) is 0 Å². The van der Waals surface area contributed by atoms with E-state index in [2.05, 4.69) is 19.7 Å². The average molecular weight is 778 g/mol. The summed E-state index contributed by atoms with van der Waals surface area (Å²) in [6, 6.07) is 8.01. The largest absolute Gasteiger partial charge is 0.489 e. The summed E-state index contributed by atoms with van der Waals surface area (Å²) < 4.78 is 69.2. The SMILES string of the molecule is CS(=O)(=O)N(Cc1cnccn1)c1ccc2c(c1)C(=O)N(CC(=O)O[C@@H](Cc1c(Cl)c[nH+]cc1Cl)c1ccc(OC(F)F)c(OCC3CC3)c1)C2=O. The number of H-pyrrole nitrogens is 1. The summed E-state index contributed by atoms with van der Waals surface area (Å²) in [5.74, 6) is -2.58. The molecular weight excluding hydrogens is 747 g/mol. The Kier molecular flexibility index (Phi) is 10.9. The number of ether oxygens (including phenoxy) is 3. The maximum Gasteiger partial charge on any atom is 0.387 e. The topological polar surface area (TPSA) is 159 Å². The Bertz CT molecular complexity index is 2110. The lowest BCUT2D eigenvalue weighted by molar-refractivity contribution is -0.377. The number of carbonyl (C=O) groups excluding carboxylic acids is 3. The Hall–Kier alpha value is -4.93. The van der Waals surface area contributed by atoms with Gasteiger partial charge in [0.05, 0.1) is 48.1 Å². The Morgan fingerprint density at radius 2 is 1.77 bits per heavy atom. The zero-order valence-electron chi connectivity index (χ0n) is 27.3. The van der Waals surface area contributed by atoms with E-state index < -0.39 is 47.1 Å². The van der Waals surface area contributed by atoms with Crippen molar-refractivity contribution < 1.29 is 50.8 Å². The molecule has 1 N–H and O–H groups in total. The number of amides is 2. The van der Waals surface area contributed by atoms with E-state index >= 15 is 0 Å². The number of nitrogens with one attached hydrogen (secondary N) is 1. The number of halogens is 4. The molecule has 1 saturated carbocycles. The van der Waals surface area contributed by atoms with E-state index in [0.717, 1.165) is 23.4 Å². The first kappa shape index (κ1) is 36.8. The number of esters is 1. The second-order valence-electron chi connectivity index (χ2n) is 12.0. The molecule has 0 bridgehead atoms. The van der Waals surface area contributed by atoms with Gasteiger partial charge in [0, 0.05) is 24.4 Å². The predicted octanol–water partition coefficient (Wildman–Crippen LogP) is 5.08. The van der Waals surface area contributed by atoms with Crippen LogP contribution >= 0.6 is 23.2 Å². The molecule has 18 heteroatoms. The first-order valence-electron chi connectivity index (χ1n) is 15.8. The number of hydrogen-bond acceptors (Lipinski definition) is 10. The smallest absolute Gasteiger partial charge is 0.387 e. The molecule has 0 spiro atoms. The van der Waals surface area contributed by atoms with Crippen LogP contribution in [0.3, 0.4) is 0 Å². The fourth-order valence-electron chi connectivity index (χ4n) is 5.47. The lowest BCUT2D eigenvalue weighted by atomic mass is 10.0. The first-order valence-corrected chi connectivity index (χ1v) is 18.4. The summed E-state index contributed by atoms with van der Waals surface area (Å²) >= 11 is 12.8. The highest BCUT2D eigenvalue weighted by Gasteiger charge is 2.38. The normalized spacial score (nSPS) is 14.7. The van der Waals surface area contributed by atoms with E-state index in [1.54, 1.807) is 0 Å². The van der Waals surface area contributed by atoms with Crippen molar-refractivity contribution in [1.82, 2.24) is 14.9 Å². The molecular formula is C34H30Cl2F2N5O8S+. The highest BCUT2D eigenvalue weighted by atomic mass is 35.5. The Morgan fingerprint density at radius 1 is 1.04 bits per heavy atom. The van der Waals surface area contributed by atoms with Crippen LogP contribution in [-0.2, 0) is 32.5 Å². The molecule has 2 aromatic carbocycles. The molecule has 13 nitrogen and oxygen atoms in total. The van der Waals surface area contributed by atoms with Gasteiger partial charge >= 0.3 is 12.6 Å². The number of pyridine rings is 1. The number of sulfonamides is 1. The average Bonchev–Trinajstić information content (AvgIpc) is 3.90. The maximum atomic E-state index is 13.5. The van der Waals surface area contributed by atoms with E-state index in [1.807, 2.05) is 0 Å². The van der Waals surface area contributed by atoms with Crippen LogP contribution in [0, 0.1) is 5.92 Å². The quantitative estimate of drug-likeness (QED) is 0.118. The highest BCUT2D eigenvalue weighted by Crippen LogP contribution is 2.38. The van der Waals surface area contributed by atoms with Gasteiger partial charge in [0.25, 0.3) is 11.8 Å². The number of hydrogen-bond donors (Lipinski definition) is 0. The van der Waals surface area contributed by atoms with Gasteiger partial charge in [-0.3, -0.25) is 33.6 Å². The van der Waals surface area contributed by atoms with Crippen LogP contribution < -0.4 is 18.8 Å². The Balaban J connectivity index is 1.25. The van der Waals surface area contributed by atoms with Gasteiger partial charge in [-0.05, 0) is 54.7 Å². The molecule has 1 fully saturated rings. The zero-order valence-corrected chi connectivity index (χ0v) is 29.6. The summed E-state index contributed by atoms with van der Waals surface area (Å²) in [4.78, 5) is 52.0. The fraction of sp³-hybridized carbons (Fsp3) is 0.294. The molecule has 0 saturated heterocycles. The number of benzene rings is 2. The number of carbonyl (C=O) groups is 3. The number of aromatic nitrogens is 3. The number of alkyl halides is 2. The molecule has 52 heavy (non-hydrogen) atoms. The van der Waals surface area contributed by atoms with E-state index in [-0.39, 0.29) is 63.8 Å². The fourth-order valence-corrected chi connectivity index (χ4v) is 6.86. The molecule has 0 unspecified atom stereocenters. The van der Waals surface area contributed by atoms with Crippen molar-refractivity contribution in [3.63, 3.8) is 0 Å². The molecule has 2 aliphatic rings. The van der Waals surface area contributed by atoms with Gasteiger partial charge in [0.1, 0.15) is 22.7 Å². The number of rotatable bonds is 15. The summed E-state index contributed by atoms with van der Waals surface area (Å²) in [5.41, 5.74) is 0.951. The Labute approximate surface area is 306 Å². The Morgan fingerprint density at radius 3 is 2.42 bits per heavy atom. The number of anilines is 1. The third-order valence-electron chi connectivity index (χ3n) is 8.24. The molecule has 3 heterocycles. The number of nitrogens with zero attached hydrogens (tertiary/aromatic N) is 4. The van der Waals surface area contributed by atoms with Gasteiger partial charge < -0.3 is 14.2 Å². The van der Waals surface area contributed by atoms with Crippen molar-refractivity contribution in [3.8, 4) is 11.5 Å². The molecule has 1 atom stereocenters. The first-order chi connectivity index (χ1) is 24.8. The molecule has 4 aromatic rings. The molecule has 2 aromatic heterocycles. The van der Waals surface area contributed by atoms with E-state index in [9.17, 15) is 31.6 Å². The minimum Gasteiger partial charge on any atom is -0.489 e. The second kappa shape index (κ2) is 15.4. The van der Waals surface area contributed by atoms with Crippen molar-refractivity contribution in [2.45, 2.75) is 38.5 Å². The van der Waals surface area contributed by atoms with Crippen LogP contribution in [-0.4, -0.2) is 67.1 Å². The van der Waals surface area contributed by atoms with Crippen LogP contribution in [0.5, 0.6) is 11.5 Å². The van der Waals surface area contributed by atoms with E-state index in [0.29, 0.717) is 21.7 Å². The van der Waals surface area contributed by atoms with Gasteiger partial charge in [-0.2, -0.15) is 8.78 Å². The van der Waals surface area contributed by atoms with Crippen LogP contribution in [0.1, 0.15) is 56.5 Å². The van der Waals surface area contributed by atoms with Crippen molar-refractivity contribution in [1.29, 1.82) is 0 Å². The van der Waals surface area contributed by atoms with Crippen LogP contribution in [0.4, 0.5) is 14.5 Å². The standard InChI is InChI=1S/C34H29Cl2F2N5O8S/c1-52(47,48)43(16-21-13-39-8-9-41-21)22-5-6-23-24(11-22)33(46)42(32(23)45)17-31(44)50-29(12-25-26(35)14-40-15-27(25)36)20-4-7-28(51-34(37)38)30(10-20)49-18-19-2-3-19/h4-11,13-15,19,29,34H,2-3,12,16-18H2,1H3/p+1/t29-/m0/s1. The van der Waals surface area contributed by atoms with Gasteiger partial charge in [0.2, 0.25) is 10.0 Å². The predicted molar refractivity (Wildman–Crippen MR) is 182 cm³/mol.